The summed E-state index contributed by atoms with van der Waals surface area (Å²) in [5, 5.41) is 0. The van der Waals surface area contributed by atoms with Gasteiger partial charge in [-0.2, -0.15) is 0 Å². The number of phosphoric acid groups is 1. The molecule has 0 saturated heterocycles. The third kappa shape index (κ3) is 0.885. The molecule has 5 nitrogen and oxygen atoms in total. The van der Waals surface area contributed by atoms with Crippen molar-refractivity contribution in [3.63, 3.8) is 0 Å². The van der Waals surface area contributed by atoms with Crippen LogP contribution in [0.4, 0.5) is 0 Å². The van der Waals surface area contributed by atoms with Crippen LogP contribution in [-0.2, 0) is 15.7 Å². The van der Waals surface area contributed by atoms with Crippen molar-refractivity contribution in [3.8, 4) is 11.5 Å². The predicted molar refractivity (Wildman–Crippen MR) is 47.4 cm³/mol. The van der Waals surface area contributed by atoms with Crippen molar-refractivity contribution in [3.05, 3.63) is 17.0 Å². The molecule has 14 heavy (non-hydrogen) atoms. The van der Waals surface area contributed by atoms with Crippen LogP contribution in [0.2, 0.25) is 0 Å². The monoisotopic (exact) mass is 213 g/mol. The minimum atomic E-state index is -3.38. The van der Waals surface area contributed by atoms with E-state index in [4.69, 9.17) is 13.6 Å². The van der Waals surface area contributed by atoms with E-state index in [2.05, 4.69) is 4.98 Å². The molecule has 0 spiro atoms. The van der Waals surface area contributed by atoms with Crippen LogP contribution in [-0.4, -0.2) is 4.98 Å². The fraction of sp³-hybridized carbons (Fsp3) is 0.375. The second-order valence-corrected chi connectivity index (χ2v) is 4.85. The number of fused-ring (bicyclic) bond motifs is 2. The van der Waals surface area contributed by atoms with Crippen LogP contribution < -0.4 is 9.05 Å². The molecule has 0 fully saturated rings. The number of phosphoric ester groups is 1. The van der Waals surface area contributed by atoms with Crippen molar-refractivity contribution in [2.45, 2.75) is 20.5 Å². The van der Waals surface area contributed by atoms with Gasteiger partial charge in [0.05, 0.1) is 5.69 Å². The summed E-state index contributed by atoms with van der Waals surface area (Å²) in [6.07, 6.45) is 0. The molecule has 0 amide bonds. The van der Waals surface area contributed by atoms with Gasteiger partial charge in [-0.1, -0.05) is 0 Å². The Kier molecular flexibility index (Phi) is 1.36. The third-order valence-corrected chi connectivity index (χ3v) is 3.60. The molecule has 0 aromatic carbocycles. The second kappa shape index (κ2) is 2.30. The molecule has 1 unspecified atom stereocenters. The molecule has 0 aliphatic carbocycles. The second-order valence-electron chi connectivity index (χ2n) is 3.33. The molecule has 0 radical (unpaired) electrons. The molecule has 6 heteroatoms. The molecule has 3 rings (SSSR count). The van der Waals surface area contributed by atoms with Crippen LogP contribution in [0.15, 0.2) is 0 Å². The van der Waals surface area contributed by atoms with Crippen LogP contribution in [0.25, 0.3) is 0 Å². The van der Waals surface area contributed by atoms with E-state index in [0.29, 0.717) is 17.2 Å². The lowest BCUT2D eigenvalue weighted by molar-refractivity contribution is 0.166. The summed E-state index contributed by atoms with van der Waals surface area (Å²) in [5.74, 6) is 1.09. The van der Waals surface area contributed by atoms with Crippen LogP contribution in [0, 0.1) is 13.8 Å². The fourth-order valence-corrected chi connectivity index (χ4v) is 3.07. The van der Waals surface area contributed by atoms with Crippen molar-refractivity contribution in [1.82, 2.24) is 4.98 Å². The normalized spacial score (nSPS) is 27.0. The summed E-state index contributed by atoms with van der Waals surface area (Å²) in [5.41, 5.74) is 2.27. The van der Waals surface area contributed by atoms with Crippen LogP contribution >= 0.6 is 7.82 Å². The highest BCUT2D eigenvalue weighted by atomic mass is 31.2. The Labute approximate surface area is 80.6 Å². The summed E-state index contributed by atoms with van der Waals surface area (Å²) >= 11 is 0. The van der Waals surface area contributed by atoms with Crippen molar-refractivity contribution < 1.29 is 18.1 Å². The van der Waals surface area contributed by atoms with Gasteiger partial charge in [-0.15, -0.1) is 0 Å². The number of rotatable bonds is 0. The number of pyridine rings is 1. The topological polar surface area (TPSA) is 57.7 Å². The molecule has 0 saturated carbocycles. The minimum Gasteiger partial charge on any atom is -0.393 e. The maximum absolute atomic E-state index is 11.8. The summed E-state index contributed by atoms with van der Waals surface area (Å²) in [6.45, 7) is 3.86. The highest BCUT2D eigenvalue weighted by Gasteiger charge is 2.43. The van der Waals surface area contributed by atoms with Crippen LogP contribution in [0.3, 0.4) is 0 Å². The van der Waals surface area contributed by atoms with Crippen molar-refractivity contribution in [1.29, 1.82) is 0 Å². The van der Waals surface area contributed by atoms with Gasteiger partial charge in [0.15, 0.2) is 11.5 Å². The van der Waals surface area contributed by atoms with Gasteiger partial charge in [0.1, 0.15) is 12.3 Å². The van der Waals surface area contributed by atoms with Gasteiger partial charge >= 0.3 is 7.82 Å². The lowest BCUT2D eigenvalue weighted by Crippen LogP contribution is -2.20. The Morgan fingerprint density at radius 1 is 1.29 bits per heavy atom. The van der Waals surface area contributed by atoms with Crippen molar-refractivity contribution in [2.24, 2.45) is 0 Å². The highest BCUT2D eigenvalue weighted by molar-refractivity contribution is 7.49. The lowest BCUT2D eigenvalue weighted by Gasteiger charge is -2.31. The van der Waals surface area contributed by atoms with E-state index in [1.54, 1.807) is 0 Å². The zero-order valence-corrected chi connectivity index (χ0v) is 8.63. The highest BCUT2D eigenvalue weighted by Crippen LogP contribution is 2.60. The summed E-state index contributed by atoms with van der Waals surface area (Å²) in [7, 11) is -3.38. The summed E-state index contributed by atoms with van der Waals surface area (Å²) in [4.78, 5) is 4.25. The van der Waals surface area contributed by atoms with Gasteiger partial charge in [0.25, 0.3) is 0 Å². The number of aryl methyl sites for hydroxylation is 1. The first kappa shape index (κ1) is 8.26. The molecular weight excluding hydrogens is 205 g/mol. The molecule has 2 aliphatic heterocycles. The molecule has 1 aromatic heterocycles. The number of hydrogen-bond acceptors (Lipinski definition) is 5. The fourth-order valence-electron chi connectivity index (χ4n) is 1.68. The lowest BCUT2D eigenvalue weighted by atomic mass is 10.1. The predicted octanol–water partition coefficient (Wildman–Crippen LogP) is 2.11. The van der Waals surface area contributed by atoms with E-state index in [-0.39, 0.29) is 6.61 Å². The maximum Gasteiger partial charge on any atom is 0.588 e. The first-order valence-corrected chi connectivity index (χ1v) is 5.69. The zero-order chi connectivity index (χ0) is 9.92. The Morgan fingerprint density at radius 2 is 2.00 bits per heavy atom. The van der Waals surface area contributed by atoms with Crippen molar-refractivity contribution >= 4 is 7.82 Å². The van der Waals surface area contributed by atoms with Gasteiger partial charge in [0, 0.05) is 5.56 Å². The van der Waals surface area contributed by atoms with Gasteiger partial charge in [-0.3, -0.25) is 4.52 Å². The zero-order valence-electron chi connectivity index (χ0n) is 7.73. The standard InChI is InChI=1S/C8H8NO4P/c1-4-7-5(2)9-6-3-11-14(10,12-7)13-8(4)6/h3H2,1-2H3. The van der Waals surface area contributed by atoms with E-state index in [1.165, 1.54) is 0 Å². The average Bonchev–Trinajstić information content (AvgIpc) is 2.12. The minimum absolute atomic E-state index is 0.189. The van der Waals surface area contributed by atoms with Gasteiger partial charge < -0.3 is 9.05 Å². The molecule has 2 aliphatic rings. The summed E-state index contributed by atoms with van der Waals surface area (Å²) < 4.78 is 27.0. The SMILES string of the molecule is Cc1nc2c3c(C)c1OP(=O)(OC2)O3. The number of hydrogen-bond donors (Lipinski definition) is 0. The molecule has 74 valence electrons. The smallest absolute Gasteiger partial charge is 0.393 e. The molecule has 1 atom stereocenters. The van der Waals surface area contributed by atoms with E-state index in [9.17, 15) is 4.57 Å². The van der Waals surface area contributed by atoms with Gasteiger partial charge in [0.2, 0.25) is 0 Å². The van der Waals surface area contributed by atoms with E-state index < -0.39 is 7.82 Å². The number of nitrogens with zero attached hydrogens (tertiary/aromatic N) is 1. The Hall–Kier alpha value is -1.06. The largest absolute Gasteiger partial charge is 0.588 e. The maximum atomic E-state index is 11.8. The Balaban J connectivity index is 2.39. The number of aromatic nitrogens is 1. The van der Waals surface area contributed by atoms with Crippen LogP contribution in [0.5, 0.6) is 11.5 Å². The van der Waals surface area contributed by atoms with E-state index >= 15 is 0 Å². The van der Waals surface area contributed by atoms with E-state index in [0.717, 1.165) is 11.3 Å². The first-order valence-electron chi connectivity index (χ1n) is 4.23. The van der Waals surface area contributed by atoms with Gasteiger partial charge in [-0.25, -0.2) is 9.55 Å². The molecule has 1 aromatic rings. The molecular formula is C8H8NO4P. The first-order chi connectivity index (χ1) is 6.59. The summed E-state index contributed by atoms with van der Waals surface area (Å²) in [6, 6.07) is 0. The molecule has 3 bridgehead atoms. The van der Waals surface area contributed by atoms with Crippen molar-refractivity contribution in [2.75, 3.05) is 0 Å². The Bertz CT molecular complexity index is 485. The Morgan fingerprint density at radius 3 is 2.79 bits per heavy atom. The van der Waals surface area contributed by atoms with Crippen LogP contribution in [0.1, 0.15) is 17.0 Å². The quantitative estimate of drug-likeness (QED) is 0.617. The van der Waals surface area contributed by atoms with E-state index in [1.807, 2.05) is 13.8 Å². The third-order valence-electron chi connectivity index (χ3n) is 2.34. The molecule has 0 N–H and O–H groups in total. The average molecular weight is 213 g/mol. The van der Waals surface area contributed by atoms with Gasteiger partial charge in [-0.05, 0) is 13.8 Å². The molecule has 3 heterocycles.